The van der Waals surface area contributed by atoms with Crippen LogP contribution in [0, 0.1) is 13.7 Å². The van der Waals surface area contributed by atoms with Crippen LogP contribution in [0.5, 0.6) is 0 Å². The van der Waals surface area contributed by atoms with Crippen LogP contribution in [0.2, 0.25) is 0 Å². The summed E-state index contributed by atoms with van der Waals surface area (Å²) in [7, 11) is 0. The van der Waals surface area contributed by atoms with Gasteiger partial charge in [0.1, 0.15) is 11.1 Å². The van der Waals surface area contributed by atoms with Crippen molar-refractivity contribution in [1.29, 1.82) is 0 Å². The number of alkyl halides is 3. The van der Waals surface area contributed by atoms with Crippen molar-refractivity contribution in [2.45, 2.75) is 6.18 Å². The molecule has 0 unspecified atom stereocenters. The Morgan fingerprint density at radius 1 is 1.41 bits per heavy atom. The molecule has 0 heterocycles. The molecular formula is C8H4F3IN2O3. The van der Waals surface area contributed by atoms with Crippen molar-refractivity contribution >= 4 is 34.2 Å². The number of nitro benzene ring substituents is 1. The number of rotatable bonds is 2. The predicted octanol–water partition coefficient (Wildman–Crippen LogP) is 2.32. The molecule has 5 nitrogen and oxygen atoms in total. The second-order valence-corrected chi connectivity index (χ2v) is 4.10. The maximum Gasteiger partial charge on any atom is 0.423 e. The molecule has 92 valence electrons. The van der Waals surface area contributed by atoms with Gasteiger partial charge < -0.3 is 5.73 Å². The number of benzene rings is 1. The van der Waals surface area contributed by atoms with Crippen molar-refractivity contribution in [3.8, 4) is 0 Å². The summed E-state index contributed by atoms with van der Waals surface area (Å²) in [4.78, 5) is 20.4. The third-order valence-corrected chi connectivity index (χ3v) is 2.76. The molecule has 0 saturated heterocycles. The molecule has 1 aromatic rings. The summed E-state index contributed by atoms with van der Waals surface area (Å²) in [6, 6.07) is 1.50. The van der Waals surface area contributed by atoms with Crippen LogP contribution in [-0.2, 0) is 6.18 Å². The van der Waals surface area contributed by atoms with E-state index in [-0.39, 0.29) is 3.57 Å². The number of carbonyl (C=O) groups excluding carboxylic acids is 1. The molecule has 2 N–H and O–H groups in total. The fourth-order valence-electron chi connectivity index (χ4n) is 1.22. The molecule has 1 rings (SSSR count). The highest BCUT2D eigenvalue weighted by Gasteiger charge is 2.41. The molecule has 0 bridgehead atoms. The van der Waals surface area contributed by atoms with Crippen molar-refractivity contribution in [3.05, 3.63) is 36.9 Å². The molecule has 0 aliphatic heterocycles. The summed E-state index contributed by atoms with van der Waals surface area (Å²) in [6.07, 6.45) is -4.92. The van der Waals surface area contributed by atoms with Gasteiger partial charge in [-0.05, 0) is 34.7 Å². The van der Waals surface area contributed by atoms with Gasteiger partial charge in [0.15, 0.2) is 0 Å². The number of nitrogens with zero attached hydrogens (tertiary/aromatic N) is 1. The van der Waals surface area contributed by atoms with Gasteiger partial charge in [-0.2, -0.15) is 13.2 Å². The number of primary amides is 1. The van der Waals surface area contributed by atoms with E-state index in [9.17, 15) is 28.1 Å². The number of carbonyl (C=O) groups is 1. The molecule has 9 heteroatoms. The Morgan fingerprint density at radius 3 is 2.29 bits per heavy atom. The zero-order valence-corrected chi connectivity index (χ0v) is 10.1. The van der Waals surface area contributed by atoms with Crippen LogP contribution in [0.3, 0.4) is 0 Å². The van der Waals surface area contributed by atoms with Crippen molar-refractivity contribution in [1.82, 2.24) is 0 Å². The molecule has 0 atom stereocenters. The Balaban J connectivity index is 3.72. The quantitative estimate of drug-likeness (QED) is 0.499. The van der Waals surface area contributed by atoms with Crippen LogP contribution in [0.15, 0.2) is 12.1 Å². The number of hydrogen-bond donors (Lipinski definition) is 1. The van der Waals surface area contributed by atoms with Gasteiger partial charge in [0, 0.05) is 3.57 Å². The van der Waals surface area contributed by atoms with Gasteiger partial charge in [-0.1, -0.05) is 0 Å². The molecule has 0 radical (unpaired) electrons. The molecule has 0 aliphatic carbocycles. The fourth-order valence-corrected chi connectivity index (χ4v) is 1.92. The topological polar surface area (TPSA) is 86.2 Å². The largest absolute Gasteiger partial charge is 0.423 e. The van der Waals surface area contributed by atoms with E-state index in [1.165, 1.54) is 22.6 Å². The zero-order chi connectivity index (χ0) is 13.4. The Bertz CT molecular complexity index is 502. The second-order valence-electron chi connectivity index (χ2n) is 2.94. The van der Waals surface area contributed by atoms with Crippen LogP contribution in [0.25, 0.3) is 0 Å². The summed E-state index contributed by atoms with van der Waals surface area (Å²) in [5, 5.41) is 10.6. The lowest BCUT2D eigenvalue weighted by molar-refractivity contribution is -0.388. The first-order valence-corrected chi connectivity index (χ1v) is 5.08. The van der Waals surface area contributed by atoms with E-state index in [2.05, 4.69) is 0 Å². The molecular weight excluding hydrogens is 356 g/mol. The minimum Gasteiger partial charge on any atom is -0.365 e. The van der Waals surface area contributed by atoms with Crippen LogP contribution in [0.1, 0.15) is 15.9 Å². The lowest BCUT2D eigenvalue weighted by atomic mass is 10.1. The minimum absolute atomic E-state index is 0.00481. The number of nitro groups is 1. The Hall–Kier alpha value is -1.39. The first kappa shape index (κ1) is 13.7. The average molecular weight is 360 g/mol. The lowest BCUT2D eigenvalue weighted by Crippen LogP contribution is -2.19. The maximum atomic E-state index is 12.5. The van der Waals surface area contributed by atoms with Crippen LogP contribution in [0.4, 0.5) is 18.9 Å². The Morgan fingerprint density at radius 2 is 1.94 bits per heavy atom. The van der Waals surface area contributed by atoms with Crippen molar-refractivity contribution in [3.63, 3.8) is 0 Å². The van der Waals surface area contributed by atoms with E-state index in [0.29, 0.717) is 6.07 Å². The van der Waals surface area contributed by atoms with Crippen LogP contribution < -0.4 is 5.73 Å². The Labute approximate surface area is 106 Å². The maximum absolute atomic E-state index is 12.5. The van der Waals surface area contributed by atoms with Gasteiger partial charge in [-0.25, -0.2) is 0 Å². The van der Waals surface area contributed by atoms with Crippen molar-refractivity contribution in [2.75, 3.05) is 0 Å². The van der Waals surface area contributed by atoms with Gasteiger partial charge in [0.05, 0.1) is 4.92 Å². The third kappa shape index (κ3) is 2.65. The standard InChI is InChI=1S/C8H4F3IN2O3/c9-8(10,11)3-1-2-4(12)5(7(13)15)6(3)14(16)17/h1-2H,(H2,13,15). The van der Waals surface area contributed by atoms with Crippen LogP contribution >= 0.6 is 22.6 Å². The highest BCUT2D eigenvalue weighted by Crippen LogP contribution is 2.39. The molecule has 0 aromatic heterocycles. The summed E-state index contributed by atoms with van der Waals surface area (Å²) in [5.74, 6) is -1.27. The number of hydrogen-bond acceptors (Lipinski definition) is 3. The Kier molecular flexibility index (Phi) is 3.59. The summed E-state index contributed by atoms with van der Waals surface area (Å²) in [5.41, 5.74) is 1.32. The zero-order valence-electron chi connectivity index (χ0n) is 7.92. The second kappa shape index (κ2) is 4.47. The lowest BCUT2D eigenvalue weighted by Gasteiger charge is -2.10. The molecule has 0 saturated carbocycles. The fraction of sp³-hybridized carbons (Fsp3) is 0.125. The summed E-state index contributed by atoms with van der Waals surface area (Å²) >= 11 is 1.51. The molecule has 0 aliphatic rings. The van der Waals surface area contributed by atoms with Crippen molar-refractivity contribution < 1.29 is 22.9 Å². The van der Waals surface area contributed by atoms with E-state index in [0.717, 1.165) is 6.07 Å². The van der Waals surface area contributed by atoms with Gasteiger partial charge in [-0.15, -0.1) is 0 Å². The monoisotopic (exact) mass is 360 g/mol. The molecule has 17 heavy (non-hydrogen) atoms. The highest BCUT2D eigenvalue weighted by molar-refractivity contribution is 14.1. The number of amides is 1. The number of nitrogens with two attached hydrogens (primary N) is 1. The molecule has 1 aromatic carbocycles. The third-order valence-electron chi connectivity index (χ3n) is 1.86. The normalized spacial score (nSPS) is 11.3. The average Bonchev–Trinajstić information content (AvgIpc) is 2.14. The van der Waals surface area contributed by atoms with Gasteiger partial charge in [-0.3, -0.25) is 14.9 Å². The predicted molar refractivity (Wildman–Crippen MR) is 59.3 cm³/mol. The van der Waals surface area contributed by atoms with E-state index in [1.807, 2.05) is 0 Å². The smallest absolute Gasteiger partial charge is 0.365 e. The van der Waals surface area contributed by atoms with E-state index >= 15 is 0 Å². The highest BCUT2D eigenvalue weighted by atomic mass is 127. The summed E-state index contributed by atoms with van der Waals surface area (Å²) in [6.45, 7) is 0. The van der Waals surface area contributed by atoms with E-state index < -0.39 is 33.8 Å². The summed E-state index contributed by atoms with van der Waals surface area (Å²) < 4.78 is 37.6. The first-order chi connectivity index (χ1) is 7.66. The first-order valence-electron chi connectivity index (χ1n) is 4.00. The molecule has 0 spiro atoms. The molecule has 1 amide bonds. The van der Waals surface area contributed by atoms with Crippen LogP contribution in [-0.4, -0.2) is 10.8 Å². The van der Waals surface area contributed by atoms with Gasteiger partial charge >= 0.3 is 6.18 Å². The van der Waals surface area contributed by atoms with Gasteiger partial charge in [0.2, 0.25) is 0 Å². The van der Waals surface area contributed by atoms with E-state index in [1.54, 1.807) is 0 Å². The SMILES string of the molecule is NC(=O)c1c(I)ccc(C(F)(F)F)c1[N+](=O)[O-]. The minimum atomic E-state index is -4.92. The van der Waals surface area contributed by atoms with E-state index in [4.69, 9.17) is 5.73 Å². The van der Waals surface area contributed by atoms with Crippen molar-refractivity contribution in [2.24, 2.45) is 5.73 Å². The van der Waals surface area contributed by atoms with Gasteiger partial charge in [0.25, 0.3) is 11.6 Å². The number of halogens is 4. The molecule has 0 fully saturated rings.